The largest absolute Gasteiger partial charge is 0.369 e. The maximum atomic E-state index is 12.5. The summed E-state index contributed by atoms with van der Waals surface area (Å²) in [4.78, 5) is 53.1. The van der Waals surface area contributed by atoms with E-state index in [4.69, 9.17) is 0 Å². The third kappa shape index (κ3) is 4.99. The fourth-order valence-corrected chi connectivity index (χ4v) is 4.03. The van der Waals surface area contributed by atoms with Gasteiger partial charge < -0.3 is 20.4 Å². The topological polar surface area (TPSA) is 128 Å². The molecule has 0 aromatic heterocycles. The lowest BCUT2D eigenvalue weighted by molar-refractivity contribution is -0.384. The number of rotatable bonds is 7. The maximum absolute atomic E-state index is 12.5. The van der Waals surface area contributed by atoms with Gasteiger partial charge in [0, 0.05) is 62.8 Å². The summed E-state index contributed by atoms with van der Waals surface area (Å²) < 4.78 is 0. The number of nitro groups is 1. The molecule has 2 aromatic carbocycles. The van der Waals surface area contributed by atoms with E-state index in [2.05, 4.69) is 27.5 Å². The Balaban J connectivity index is 1.22. The summed E-state index contributed by atoms with van der Waals surface area (Å²) >= 11 is 0. The summed E-state index contributed by atoms with van der Waals surface area (Å²) in [5, 5.41) is 16.4. The van der Waals surface area contributed by atoms with Crippen LogP contribution in [0.15, 0.2) is 42.5 Å². The molecule has 0 bridgehead atoms. The number of nitrogens with zero attached hydrogens (tertiary/aromatic N) is 4. The van der Waals surface area contributed by atoms with Crippen LogP contribution in [0.25, 0.3) is 0 Å². The van der Waals surface area contributed by atoms with Gasteiger partial charge >= 0.3 is 6.03 Å². The fraction of sp³-hybridized carbons (Fsp3) is 0.348. The van der Waals surface area contributed by atoms with E-state index in [9.17, 15) is 24.5 Å². The number of benzene rings is 2. The minimum absolute atomic E-state index is 0.0323. The number of imide groups is 1. The van der Waals surface area contributed by atoms with Crippen molar-refractivity contribution < 1.29 is 19.3 Å². The van der Waals surface area contributed by atoms with Gasteiger partial charge in [0.15, 0.2) is 0 Å². The van der Waals surface area contributed by atoms with Gasteiger partial charge in [0.2, 0.25) is 0 Å². The number of likely N-dealkylation sites (N-methyl/N-ethyl adjacent to an activating group) is 1. The summed E-state index contributed by atoms with van der Waals surface area (Å²) in [5.74, 6) is -1.05. The van der Waals surface area contributed by atoms with Gasteiger partial charge in [0.1, 0.15) is 0 Å². The molecular weight excluding hydrogens is 440 g/mol. The number of carbonyl (C=O) groups is 3. The van der Waals surface area contributed by atoms with Crippen LogP contribution in [-0.4, -0.2) is 78.9 Å². The first-order valence-corrected chi connectivity index (χ1v) is 11.1. The van der Waals surface area contributed by atoms with Crippen LogP contribution in [0.3, 0.4) is 0 Å². The quantitative estimate of drug-likeness (QED) is 0.277. The van der Waals surface area contributed by atoms with Crippen molar-refractivity contribution in [2.75, 3.05) is 56.5 Å². The van der Waals surface area contributed by atoms with E-state index >= 15 is 0 Å². The number of carbonyl (C=O) groups excluding carboxylic acids is 3. The number of amides is 4. The summed E-state index contributed by atoms with van der Waals surface area (Å²) in [6.45, 7) is 4.31. The second-order valence-corrected chi connectivity index (χ2v) is 8.32. The van der Waals surface area contributed by atoms with Crippen molar-refractivity contribution in [3.05, 3.63) is 63.7 Å². The lowest BCUT2D eigenvalue weighted by atomic mass is 10.1. The molecule has 0 unspecified atom stereocenters. The lowest BCUT2D eigenvalue weighted by Gasteiger charge is -2.34. The molecule has 2 aliphatic rings. The summed E-state index contributed by atoms with van der Waals surface area (Å²) in [6, 6.07) is 10.9. The van der Waals surface area contributed by atoms with Crippen molar-refractivity contribution in [3.8, 4) is 0 Å². The molecule has 2 N–H and O–H groups in total. The molecule has 0 spiro atoms. The number of hydrogen-bond acceptors (Lipinski definition) is 7. The highest BCUT2D eigenvalue weighted by Crippen LogP contribution is 2.26. The van der Waals surface area contributed by atoms with E-state index in [-0.39, 0.29) is 35.9 Å². The van der Waals surface area contributed by atoms with Crippen LogP contribution in [0.1, 0.15) is 27.1 Å². The van der Waals surface area contributed by atoms with Gasteiger partial charge in [-0.2, -0.15) is 0 Å². The second-order valence-electron chi connectivity index (χ2n) is 8.32. The minimum Gasteiger partial charge on any atom is -0.369 e. The second kappa shape index (κ2) is 9.87. The molecule has 4 rings (SSSR count). The van der Waals surface area contributed by atoms with Gasteiger partial charge in [0.25, 0.3) is 17.5 Å². The normalized spacial score (nSPS) is 15.9. The first-order valence-electron chi connectivity index (χ1n) is 11.1. The molecule has 2 heterocycles. The average molecular weight is 466 g/mol. The minimum atomic E-state index is -0.608. The lowest BCUT2D eigenvalue weighted by Crippen LogP contribution is -2.44. The molecule has 0 saturated carbocycles. The highest BCUT2D eigenvalue weighted by molar-refractivity contribution is 6.21. The van der Waals surface area contributed by atoms with Crippen LogP contribution in [0.4, 0.5) is 21.9 Å². The van der Waals surface area contributed by atoms with Crippen molar-refractivity contribution in [1.29, 1.82) is 0 Å². The molecular formula is C23H26N6O5. The Hall–Kier alpha value is -3.99. The first kappa shape index (κ1) is 23.2. The fourth-order valence-electron chi connectivity index (χ4n) is 4.03. The Kier molecular flexibility index (Phi) is 6.73. The van der Waals surface area contributed by atoms with Crippen molar-refractivity contribution in [3.63, 3.8) is 0 Å². The van der Waals surface area contributed by atoms with Gasteiger partial charge in [-0.1, -0.05) is 0 Å². The van der Waals surface area contributed by atoms with E-state index in [1.54, 1.807) is 0 Å². The molecule has 0 atom stereocenters. The zero-order valence-corrected chi connectivity index (χ0v) is 18.8. The Morgan fingerprint density at radius 2 is 1.68 bits per heavy atom. The molecule has 0 aliphatic carbocycles. The third-order valence-corrected chi connectivity index (χ3v) is 6.00. The Bertz CT molecular complexity index is 1110. The van der Waals surface area contributed by atoms with E-state index in [0.717, 1.165) is 42.8 Å². The highest BCUT2D eigenvalue weighted by atomic mass is 16.6. The van der Waals surface area contributed by atoms with Crippen molar-refractivity contribution in [2.45, 2.75) is 6.42 Å². The molecule has 11 heteroatoms. The maximum Gasteiger partial charge on any atom is 0.319 e. The molecule has 4 amide bonds. The number of nitrogens with one attached hydrogen (secondary N) is 2. The zero-order valence-electron chi connectivity index (χ0n) is 18.8. The molecule has 11 nitrogen and oxygen atoms in total. The summed E-state index contributed by atoms with van der Waals surface area (Å²) in [6.07, 6.45) is 0.351. The number of fused-ring (bicyclic) bond motifs is 1. The zero-order chi connectivity index (χ0) is 24.2. The molecule has 34 heavy (non-hydrogen) atoms. The molecule has 1 saturated heterocycles. The van der Waals surface area contributed by atoms with Gasteiger partial charge in [0.05, 0.1) is 16.1 Å². The molecule has 1 fully saturated rings. The first-order chi connectivity index (χ1) is 16.3. The molecule has 2 aromatic rings. The van der Waals surface area contributed by atoms with Gasteiger partial charge in [-0.25, -0.2) is 4.79 Å². The van der Waals surface area contributed by atoms with E-state index in [1.165, 1.54) is 12.1 Å². The highest BCUT2D eigenvalue weighted by Gasteiger charge is 2.36. The SMILES string of the molecule is CN1CCN(c2ccc(NC(=O)NCCCN3C(=O)c4ccc([N+](=O)[O-])cc4C3=O)cc2)CC1. The molecule has 2 aliphatic heterocycles. The van der Waals surface area contributed by atoms with Crippen LogP contribution in [-0.2, 0) is 0 Å². The number of piperazine rings is 1. The number of urea groups is 1. The van der Waals surface area contributed by atoms with E-state index in [1.807, 2.05) is 24.3 Å². The van der Waals surface area contributed by atoms with Crippen LogP contribution < -0.4 is 15.5 Å². The monoisotopic (exact) mass is 466 g/mol. The third-order valence-electron chi connectivity index (χ3n) is 6.00. The number of hydrogen-bond donors (Lipinski definition) is 2. The van der Waals surface area contributed by atoms with Crippen molar-refractivity contribution in [2.24, 2.45) is 0 Å². The predicted octanol–water partition coefficient (Wildman–Crippen LogP) is 2.15. The van der Waals surface area contributed by atoms with Gasteiger partial charge in [-0.15, -0.1) is 0 Å². The predicted molar refractivity (Wildman–Crippen MR) is 126 cm³/mol. The summed E-state index contributed by atoms with van der Waals surface area (Å²) in [7, 11) is 2.11. The van der Waals surface area contributed by atoms with Gasteiger partial charge in [-0.3, -0.25) is 24.6 Å². The summed E-state index contributed by atoms with van der Waals surface area (Å²) in [5.41, 5.74) is 1.73. The van der Waals surface area contributed by atoms with Crippen LogP contribution >= 0.6 is 0 Å². The van der Waals surface area contributed by atoms with Gasteiger partial charge in [-0.05, 0) is 43.8 Å². The van der Waals surface area contributed by atoms with Crippen LogP contribution in [0.2, 0.25) is 0 Å². The molecule has 178 valence electrons. The smallest absolute Gasteiger partial charge is 0.319 e. The van der Waals surface area contributed by atoms with Crippen LogP contribution in [0, 0.1) is 10.1 Å². The standard InChI is InChI=1S/C23H26N6O5/c1-26-11-13-27(14-12-26)17-5-3-16(4-6-17)25-23(32)24-9-2-10-28-21(30)19-8-7-18(29(33)34)15-20(19)22(28)31/h3-8,15H,2,9-14H2,1H3,(H2,24,25,32). The van der Waals surface area contributed by atoms with Crippen molar-refractivity contribution in [1.82, 2.24) is 15.1 Å². The van der Waals surface area contributed by atoms with E-state index in [0.29, 0.717) is 12.1 Å². The number of nitro benzene ring substituents is 1. The Labute approximate surface area is 196 Å². The molecule has 0 radical (unpaired) electrons. The Morgan fingerprint density at radius 1 is 1.00 bits per heavy atom. The van der Waals surface area contributed by atoms with Crippen LogP contribution in [0.5, 0.6) is 0 Å². The Morgan fingerprint density at radius 3 is 2.35 bits per heavy atom. The van der Waals surface area contributed by atoms with E-state index < -0.39 is 16.7 Å². The number of non-ortho nitro benzene ring substituents is 1. The average Bonchev–Trinajstić information content (AvgIpc) is 3.07. The number of anilines is 2. The van der Waals surface area contributed by atoms with Crippen molar-refractivity contribution >= 4 is 34.9 Å².